The zero-order valence-electron chi connectivity index (χ0n) is 14.5. The normalized spacial score (nSPS) is 18.1. The van der Waals surface area contributed by atoms with Gasteiger partial charge in [0.2, 0.25) is 0 Å². The molecule has 3 unspecified atom stereocenters. The molecule has 0 aliphatic rings. The summed E-state index contributed by atoms with van der Waals surface area (Å²) in [4.78, 5) is 0. The summed E-state index contributed by atoms with van der Waals surface area (Å²) in [5, 5.41) is 0. The Kier molecular flexibility index (Phi) is 11.4. The van der Waals surface area contributed by atoms with E-state index in [1.54, 1.807) is 18.2 Å². The van der Waals surface area contributed by atoms with Gasteiger partial charge in [-0.25, -0.2) is 0 Å². The van der Waals surface area contributed by atoms with Crippen LogP contribution in [0.2, 0.25) is 0 Å². The fraction of sp³-hybridized carbons (Fsp3) is 0.647. The largest absolute Gasteiger partial charge is 0.417 e. The highest BCUT2D eigenvalue weighted by atomic mass is 28.2. The third-order valence-corrected chi connectivity index (χ3v) is 4.55. The number of rotatable bonds is 14. The zero-order chi connectivity index (χ0) is 17.0. The molecule has 128 valence electrons. The molecule has 0 radical (unpaired) electrons. The van der Waals surface area contributed by atoms with E-state index in [2.05, 4.69) is 19.7 Å². The quantitative estimate of drug-likeness (QED) is 0.362. The Morgan fingerprint density at radius 2 is 1.27 bits per heavy atom. The van der Waals surface area contributed by atoms with Crippen LogP contribution in [0.5, 0.6) is 0 Å². The molecule has 0 spiro atoms. The highest BCUT2D eigenvalue weighted by Gasteiger charge is 2.44. The number of hydrogen-bond donors (Lipinski definition) is 0. The Hall–Kier alpha value is -0.723. The second kappa shape index (κ2) is 11.8. The molecule has 0 N–H and O–H groups in total. The summed E-state index contributed by atoms with van der Waals surface area (Å²) >= 11 is 0. The van der Waals surface area contributed by atoms with Crippen molar-refractivity contribution in [2.45, 2.75) is 51.1 Å². The molecule has 0 saturated heterocycles. The fourth-order valence-corrected chi connectivity index (χ4v) is 3.36. The minimum Gasteiger partial charge on any atom is -0.417 e. The predicted octanol–water partition coefficient (Wildman–Crippen LogP) is 2.19. The highest BCUT2D eigenvalue weighted by molar-refractivity contribution is 5.98. The molecule has 0 saturated carbocycles. The van der Waals surface area contributed by atoms with Gasteiger partial charge in [0.1, 0.15) is 16.1 Å². The van der Waals surface area contributed by atoms with Gasteiger partial charge in [0.15, 0.2) is 0 Å². The zero-order valence-corrected chi connectivity index (χ0v) is 16.5. The average Bonchev–Trinajstić information content (AvgIpc) is 2.53. The molecule has 0 aliphatic carbocycles. The Morgan fingerprint density at radius 3 is 1.64 bits per heavy atom. The molecule has 0 aromatic rings. The van der Waals surface area contributed by atoms with Crippen molar-refractivity contribution in [2.24, 2.45) is 0 Å². The lowest BCUT2D eigenvalue weighted by Gasteiger charge is -2.43. The maximum absolute atomic E-state index is 6.02. The molecule has 0 aromatic carbocycles. The van der Waals surface area contributed by atoms with E-state index in [1.807, 2.05) is 20.8 Å². The van der Waals surface area contributed by atoms with Crippen molar-refractivity contribution in [3.63, 3.8) is 0 Å². The Balaban J connectivity index is 5.15. The third-order valence-electron chi connectivity index (χ3n) is 3.79. The SMILES string of the molecule is C=CCOC(C)CC(O[SiH3])(C(C)OCC=C)C(C)OCC=C. The first-order valence-corrected chi connectivity index (χ1v) is 8.52. The molecule has 0 aromatic heterocycles. The topological polar surface area (TPSA) is 36.9 Å². The van der Waals surface area contributed by atoms with Gasteiger partial charge in [-0.1, -0.05) is 18.2 Å². The van der Waals surface area contributed by atoms with Crippen LogP contribution < -0.4 is 0 Å². The molecule has 0 rings (SSSR count). The van der Waals surface area contributed by atoms with E-state index in [0.29, 0.717) is 36.7 Å². The van der Waals surface area contributed by atoms with Gasteiger partial charge in [0, 0.05) is 6.42 Å². The van der Waals surface area contributed by atoms with E-state index in [0.717, 1.165) is 0 Å². The van der Waals surface area contributed by atoms with Gasteiger partial charge in [-0.2, -0.15) is 0 Å². The van der Waals surface area contributed by atoms with Crippen molar-refractivity contribution in [3.05, 3.63) is 38.0 Å². The Labute approximate surface area is 138 Å². The summed E-state index contributed by atoms with van der Waals surface area (Å²) in [7, 11) is 0.582. The third kappa shape index (κ3) is 6.58. The lowest BCUT2D eigenvalue weighted by Crippen LogP contribution is -2.55. The van der Waals surface area contributed by atoms with Crippen molar-refractivity contribution in [1.82, 2.24) is 0 Å². The average molecular weight is 329 g/mol. The highest BCUT2D eigenvalue weighted by Crippen LogP contribution is 2.31. The molecule has 0 bridgehead atoms. The molecule has 0 aliphatic heterocycles. The molecule has 0 heterocycles. The van der Waals surface area contributed by atoms with Crippen molar-refractivity contribution in [2.75, 3.05) is 19.8 Å². The predicted molar refractivity (Wildman–Crippen MR) is 95.2 cm³/mol. The van der Waals surface area contributed by atoms with Gasteiger partial charge in [0.05, 0.1) is 38.1 Å². The summed E-state index contributed by atoms with van der Waals surface area (Å²) < 4.78 is 23.4. The minimum absolute atomic E-state index is 0.0107. The van der Waals surface area contributed by atoms with Gasteiger partial charge in [-0.05, 0) is 20.8 Å². The van der Waals surface area contributed by atoms with Crippen LogP contribution in [0.3, 0.4) is 0 Å². The first-order valence-electron chi connectivity index (χ1n) is 7.71. The van der Waals surface area contributed by atoms with Crippen molar-refractivity contribution >= 4 is 10.5 Å². The van der Waals surface area contributed by atoms with Gasteiger partial charge in [-0.3, -0.25) is 0 Å². The van der Waals surface area contributed by atoms with E-state index in [9.17, 15) is 0 Å². The van der Waals surface area contributed by atoms with E-state index in [1.165, 1.54) is 0 Å². The van der Waals surface area contributed by atoms with Crippen molar-refractivity contribution in [1.29, 1.82) is 0 Å². The standard InChI is InChI=1S/C17H32O4Si/c1-7-10-18-14(4)13-17(21-22,15(5)19-11-8-2)16(6)20-12-9-3/h7-9,14-16H,1-3,10-13H2,4-6,22H3. The van der Waals surface area contributed by atoms with Crippen molar-refractivity contribution < 1.29 is 18.6 Å². The summed E-state index contributed by atoms with van der Waals surface area (Å²) in [5.41, 5.74) is -0.557. The Bertz CT molecular complexity index is 315. The van der Waals surface area contributed by atoms with Gasteiger partial charge in [0.25, 0.3) is 0 Å². The van der Waals surface area contributed by atoms with Gasteiger partial charge >= 0.3 is 0 Å². The van der Waals surface area contributed by atoms with Crippen LogP contribution in [0.1, 0.15) is 27.2 Å². The van der Waals surface area contributed by atoms with Crippen LogP contribution in [0.4, 0.5) is 0 Å². The van der Waals surface area contributed by atoms with Crippen LogP contribution in [0.25, 0.3) is 0 Å². The first-order chi connectivity index (χ1) is 10.5. The number of ether oxygens (including phenoxy) is 3. The maximum Gasteiger partial charge on any atom is 0.147 e. The van der Waals surface area contributed by atoms with Gasteiger partial charge in [-0.15, -0.1) is 19.7 Å². The van der Waals surface area contributed by atoms with Crippen LogP contribution in [-0.2, 0) is 18.6 Å². The van der Waals surface area contributed by atoms with Crippen LogP contribution in [0.15, 0.2) is 38.0 Å². The fourth-order valence-electron chi connectivity index (χ4n) is 2.53. The van der Waals surface area contributed by atoms with E-state index in [-0.39, 0.29) is 18.3 Å². The second-order valence-corrected chi connectivity index (χ2v) is 5.73. The summed E-state index contributed by atoms with van der Waals surface area (Å²) in [6.45, 7) is 18.6. The van der Waals surface area contributed by atoms with E-state index < -0.39 is 5.60 Å². The summed E-state index contributed by atoms with van der Waals surface area (Å²) in [6, 6.07) is 0. The molecule has 5 heteroatoms. The summed E-state index contributed by atoms with van der Waals surface area (Å²) in [6.07, 6.45) is 5.63. The first kappa shape index (κ1) is 21.3. The summed E-state index contributed by atoms with van der Waals surface area (Å²) in [5.74, 6) is 0. The molecule has 22 heavy (non-hydrogen) atoms. The molecular formula is C17H32O4Si. The van der Waals surface area contributed by atoms with E-state index >= 15 is 0 Å². The van der Waals surface area contributed by atoms with Crippen LogP contribution in [0, 0.1) is 0 Å². The van der Waals surface area contributed by atoms with Gasteiger partial charge < -0.3 is 18.6 Å². The maximum atomic E-state index is 6.02. The lowest BCUT2D eigenvalue weighted by atomic mass is 9.86. The molecule has 4 nitrogen and oxygen atoms in total. The smallest absolute Gasteiger partial charge is 0.147 e. The molecular weight excluding hydrogens is 296 g/mol. The second-order valence-electron chi connectivity index (χ2n) is 5.32. The Morgan fingerprint density at radius 1 is 0.864 bits per heavy atom. The molecule has 0 amide bonds. The van der Waals surface area contributed by atoms with Crippen LogP contribution >= 0.6 is 0 Å². The monoisotopic (exact) mass is 328 g/mol. The van der Waals surface area contributed by atoms with E-state index in [4.69, 9.17) is 18.6 Å². The lowest BCUT2D eigenvalue weighted by molar-refractivity contribution is -0.164. The molecule has 0 fully saturated rings. The molecule has 3 atom stereocenters. The van der Waals surface area contributed by atoms with Crippen molar-refractivity contribution in [3.8, 4) is 0 Å². The minimum atomic E-state index is -0.557. The number of hydrogen-bond acceptors (Lipinski definition) is 4. The van der Waals surface area contributed by atoms with Crippen LogP contribution in [-0.4, -0.2) is 54.2 Å².